The van der Waals surface area contributed by atoms with E-state index in [1.54, 1.807) is 38.1 Å². The average Bonchev–Trinajstić information content (AvgIpc) is 2.75. The van der Waals surface area contributed by atoms with Gasteiger partial charge in [0.05, 0.1) is 25.6 Å². The molecule has 0 aliphatic heterocycles. The van der Waals surface area contributed by atoms with Crippen LogP contribution in [0, 0.1) is 0 Å². The van der Waals surface area contributed by atoms with E-state index in [0.29, 0.717) is 22.6 Å². The number of nitrogens with zero attached hydrogens (tertiary/aromatic N) is 2. The molecule has 30 heavy (non-hydrogen) atoms. The zero-order valence-corrected chi connectivity index (χ0v) is 16.9. The van der Waals surface area contributed by atoms with Gasteiger partial charge in [-0.05, 0) is 50.2 Å². The molecule has 10 nitrogen and oxygen atoms in total. The molecule has 0 atom stereocenters. The number of benzene rings is 2. The van der Waals surface area contributed by atoms with Crippen molar-refractivity contribution in [3.63, 3.8) is 0 Å². The Hall–Kier alpha value is -4.08. The molecular weight excluding hydrogens is 392 g/mol. The molecule has 4 N–H and O–H groups in total. The maximum Gasteiger partial charge on any atom is 0.331 e. The molecule has 0 aliphatic rings. The van der Waals surface area contributed by atoms with Crippen molar-refractivity contribution in [2.45, 2.75) is 13.8 Å². The number of amides is 2. The Labute approximate surface area is 172 Å². The molecule has 0 bridgehead atoms. The molecule has 0 fully saturated rings. The van der Waals surface area contributed by atoms with Crippen LogP contribution in [0.25, 0.3) is 0 Å². The average molecular weight is 414 g/mol. The first-order valence-corrected chi connectivity index (χ1v) is 8.70. The number of hydrazone groups is 2. The number of aromatic hydroxyl groups is 2. The Kier molecular flexibility index (Phi) is 7.34. The lowest BCUT2D eigenvalue weighted by molar-refractivity contribution is -0.139. The van der Waals surface area contributed by atoms with Gasteiger partial charge in [-0.2, -0.15) is 10.2 Å². The minimum Gasteiger partial charge on any atom is -0.504 e. The van der Waals surface area contributed by atoms with Crippen molar-refractivity contribution in [3.8, 4) is 23.0 Å². The number of rotatable bonds is 6. The van der Waals surface area contributed by atoms with Gasteiger partial charge in [0, 0.05) is 11.1 Å². The highest BCUT2D eigenvalue weighted by Crippen LogP contribution is 2.27. The fourth-order valence-electron chi connectivity index (χ4n) is 2.31. The summed E-state index contributed by atoms with van der Waals surface area (Å²) in [6.07, 6.45) is 0. The fraction of sp³-hybridized carbons (Fsp3) is 0.200. The van der Waals surface area contributed by atoms with Crippen molar-refractivity contribution in [2.24, 2.45) is 10.2 Å². The van der Waals surface area contributed by atoms with Crippen LogP contribution in [0.1, 0.15) is 25.0 Å². The summed E-state index contributed by atoms with van der Waals surface area (Å²) in [6.45, 7) is 3.23. The predicted octanol–water partition coefficient (Wildman–Crippen LogP) is 1.50. The SMILES string of the molecule is COc1cc(/C(C)=N/NC(=O)C(=O)N/N=C(\C)c2ccc(O)c(OC)c2)ccc1O. The van der Waals surface area contributed by atoms with Crippen LogP contribution in [-0.2, 0) is 9.59 Å². The number of carbonyl (C=O) groups excluding carboxylic acids is 2. The highest BCUT2D eigenvalue weighted by molar-refractivity contribution is 6.35. The van der Waals surface area contributed by atoms with E-state index in [1.165, 1.54) is 26.4 Å². The van der Waals surface area contributed by atoms with Crippen LogP contribution < -0.4 is 20.3 Å². The number of nitrogens with one attached hydrogen (secondary N) is 2. The quantitative estimate of drug-likeness (QED) is 0.321. The third-order valence-corrected chi connectivity index (χ3v) is 4.05. The van der Waals surface area contributed by atoms with Crippen molar-refractivity contribution in [1.29, 1.82) is 0 Å². The third-order valence-electron chi connectivity index (χ3n) is 4.05. The number of hydrogen-bond donors (Lipinski definition) is 4. The van der Waals surface area contributed by atoms with Gasteiger partial charge in [0.1, 0.15) is 0 Å². The lowest BCUT2D eigenvalue weighted by Gasteiger charge is -2.07. The molecule has 0 aromatic heterocycles. The number of carbonyl (C=O) groups is 2. The lowest BCUT2D eigenvalue weighted by atomic mass is 10.1. The highest BCUT2D eigenvalue weighted by Gasteiger charge is 2.13. The first kappa shape index (κ1) is 22.2. The second-order valence-electron chi connectivity index (χ2n) is 6.05. The van der Waals surface area contributed by atoms with Gasteiger partial charge < -0.3 is 19.7 Å². The molecule has 158 valence electrons. The second kappa shape index (κ2) is 9.92. The summed E-state index contributed by atoms with van der Waals surface area (Å²) in [5.74, 6) is -1.59. The first-order valence-electron chi connectivity index (χ1n) is 8.70. The molecule has 2 aromatic rings. The van der Waals surface area contributed by atoms with Gasteiger partial charge in [0.25, 0.3) is 0 Å². The molecule has 0 radical (unpaired) electrons. The van der Waals surface area contributed by atoms with Crippen LogP contribution in [0.4, 0.5) is 0 Å². The van der Waals surface area contributed by atoms with Crippen LogP contribution in [-0.4, -0.2) is 47.7 Å². The van der Waals surface area contributed by atoms with Gasteiger partial charge in [-0.3, -0.25) is 9.59 Å². The topological polar surface area (TPSA) is 142 Å². The van der Waals surface area contributed by atoms with Gasteiger partial charge in [-0.15, -0.1) is 0 Å². The molecule has 0 heterocycles. The predicted molar refractivity (Wildman–Crippen MR) is 110 cm³/mol. The maximum absolute atomic E-state index is 11.9. The van der Waals surface area contributed by atoms with Crippen molar-refractivity contribution in [1.82, 2.24) is 10.9 Å². The number of phenols is 2. The molecule has 0 unspecified atom stereocenters. The van der Waals surface area contributed by atoms with E-state index >= 15 is 0 Å². The van der Waals surface area contributed by atoms with Crippen LogP contribution in [0.2, 0.25) is 0 Å². The number of methoxy groups -OCH3 is 2. The van der Waals surface area contributed by atoms with Gasteiger partial charge in [0.15, 0.2) is 23.0 Å². The molecule has 2 rings (SSSR count). The van der Waals surface area contributed by atoms with Gasteiger partial charge in [0.2, 0.25) is 0 Å². The number of ether oxygens (including phenoxy) is 2. The minimum atomic E-state index is -1.01. The Bertz CT molecular complexity index is 935. The summed E-state index contributed by atoms with van der Waals surface area (Å²) in [5, 5.41) is 27.0. The van der Waals surface area contributed by atoms with Crippen LogP contribution in [0.3, 0.4) is 0 Å². The van der Waals surface area contributed by atoms with Crippen molar-refractivity contribution in [2.75, 3.05) is 14.2 Å². The Morgan fingerprint density at radius 2 is 1.13 bits per heavy atom. The summed E-state index contributed by atoms with van der Waals surface area (Å²) in [5.41, 5.74) is 6.22. The summed E-state index contributed by atoms with van der Waals surface area (Å²) >= 11 is 0. The Balaban J connectivity index is 2.01. The number of phenolic OH excluding ortho intramolecular Hbond substituents is 2. The second-order valence-corrected chi connectivity index (χ2v) is 6.05. The summed E-state index contributed by atoms with van der Waals surface area (Å²) in [7, 11) is 2.82. The van der Waals surface area contributed by atoms with Crippen LogP contribution >= 0.6 is 0 Å². The standard InChI is InChI=1S/C20H22N4O6/c1-11(13-5-7-15(25)17(9-13)29-3)21-23-19(27)20(28)24-22-12(2)14-6-8-16(26)18(10-14)30-4/h5-10,25-26H,1-4H3,(H,23,27)(H,24,28)/b21-11+,22-12+. The smallest absolute Gasteiger partial charge is 0.331 e. The molecule has 0 spiro atoms. The van der Waals surface area contributed by atoms with Gasteiger partial charge >= 0.3 is 11.8 Å². The Morgan fingerprint density at radius 1 is 0.767 bits per heavy atom. The normalized spacial score (nSPS) is 11.6. The van der Waals surface area contributed by atoms with Crippen molar-refractivity contribution in [3.05, 3.63) is 47.5 Å². The third kappa shape index (κ3) is 5.47. The maximum atomic E-state index is 11.9. The van der Waals surface area contributed by atoms with Crippen LogP contribution in [0.5, 0.6) is 23.0 Å². The van der Waals surface area contributed by atoms with E-state index in [4.69, 9.17) is 9.47 Å². The van der Waals surface area contributed by atoms with E-state index in [2.05, 4.69) is 21.1 Å². The van der Waals surface area contributed by atoms with E-state index in [0.717, 1.165) is 0 Å². The van der Waals surface area contributed by atoms with Gasteiger partial charge in [-0.1, -0.05) is 0 Å². The molecule has 2 aromatic carbocycles. The monoisotopic (exact) mass is 414 g/mol. The molecule has 0 saturated carbocycles. The highest BCUT2D eigenvalue weighted by atomic mass is 16.5. The molecule has 10 heteroatoms. The van der Waals surface area contributed by atoms with Crippen molar-refractivity contribution >= 4 is 23.2 Å². The summed E-state index contributed by atoms with van der Waals surface area (Å²) in [4.78, 5) is 23.9. The van der Waals surface area contributed by atoms with Crippen molar-refractivity contribution < 1.29 is 29.3 Å². The molecular formula is C20H22N4O6. The molecule has 2 amide bonds. The van der Waals surface area contributed by atoms with E-state index < -0.39 is 11.8 Å². The van der Waals surface area contributed by atoms with Gasteiger partial charge in [-0.25, -0.2) is 10.9 Å². The summed E-state index contributed by atoms with van der Waals surface area (Å²) < 4.78 is 10.0. The molecule has 0 saturated heterocycles. The first-order chi connectivity index (χ1) is 14.3. The minimum absolute atomic E-state index is 0.0306. The zero-order valence-electron chi connectivity index (χ0n) is 16.9. The number of hydrogen-bond acceptors (Lipinski definition) is 8. The lowest BCUT2D eigenvalue weighted by Crippen LogP contribution is -2.36. The van der Waals surface area contributed by atoms with Crippen LogP contribution in [0.15, 0.2) is 46.6 Å². The molecule has 0 aliphatic carbocycles. The fourth-order valence-corrected chi connectivity index (χ4v) is 2.31. The summed E-state index contributed by atoms with van der Waals surface area (Å²) in [6, 6.07) is 9.11. The Morgan fingerprint density at radius 3 is 1.47 bits per heavy atom. The largest absolute Gasteiger partial charge is 0.504 e. The van der Waals surface area contributed by atoms with E-state index in [9.17, 15) is 19.8 Å². The van der Waals surface area contributed by atoms with E-state index in [1.807, 2.05) is 0 Å². The van der Waals surface area contributed by atoms with E-state index in [-0.39, 0.29) is 23.0 Å². The zero-order chi connectivity index (χ0) is 22.3.